The zero-order valence-electron chi connectivity index (χ0n) is 19.3. The third-order valence-electron chi connectivity index (χ3n) is 5.93. The van der Waals surface area contributed by atoms with Gasteiger partial charge in [-0.3, -0.25) is 4.79 Å². The molecule has 1 amide bonds. The Balaban J connectivity index is 1.51. The van der Waals surface area contributed by atoms with E-state index in [2.05, 4.69) is 29.3 Å². The van der Waals surface area contributed by atoms with Crippen molar-refractivity contribution >= 4 is 33.2 Å². The van der Waals surface area contributed by atoms with Crippen LogP contribution in [0.5, 0.6) is 0 Å². The van der Waals surface area contributed by atoms with Crippen LogP contribution in [0.2, 0.25) is 5.02 Å². The Kier molecular flexibility index (Phi) is 7.06. The molecule has 1 fully saturated rings. The van der Waals surface area contributed by atoms with Crippen LogP contribution in [0.1, 0.15) is 44.1 Å². The number of nitrogens with one attached hydrogen (secondary N) is 1. The number of carbonyl (C=O) groups is 1. The first-order valence-electron chi connectivity index (χ1n) is 11.2. The van der Waals surface area contributed by atoms with Crippen molar-refractivity contribution in [1.82, 2.24) is 14.4 Å². The Morgan fingerprint density at radius 1 is 1.21 bits per heavy atom. The molecular formula is C24H27ClN4O4S. The molecule has 34 heavy (non-hydrogen) atoms. The van der Waals surface area contributed by atoms with Crippen molar-refractivity contribution in [2.24, 2.45) is 5.92 Å². The van der Waals surface area contributed by atoms with Gasteiger partial charge in [0.25, 0.3) is 0 Å². The lowest BCUT2D eigenvalue weighted by Crippen LogP contribution is -2.43. The summed E-state index contributed by atoms with van der Waals surface area (Å²) < 4.78 is 33.3. The number of benzene rings is 2. The summed E-state index contributed by atoms with van der Waals surface area (Å²) in [7, 11) is -3.94. The number of sulfonamides is 1. The smallest absolute Gasteiger partial charge is 0.244 e. The molecule has 180 valence electrons. The molecule has 1 saturated heterocycles. The SMILES string of the molecule is Cc1nc(-c2ccc(Cl)c(S(=O)(=O)N3CCC[C@H](C(=O)Nc4ccc(C(C)C)cc4)C3)c2)no1. The maximum atomic E-state index is 13.5. The topological polar surface area (TPSA) is 105 Å². The largest absolute Gasteiger partial charge is 0.339 e. The molecule has 10 heteroatoms. The Bertz CT molecular complexity index is 1290. The summed E-state index contributed by atoms with van der Waals surface area (Å²) in [5.41, 5.74) is 2.36. The molecule has 0 unspecified atom stereocenters. The van der Waals surface area contributed by atoms with E-state index in [1.54, 1.807) is 13.0 Å². The van der Waals surface area contributed by atoms with Gasteiger partial charge in [-0.1, -0.05) is 42.7 Å². The first-order chi connectivity index (χ1) is 16.1. The number of halogens is 1. The van der Waals surface area contributed by atoms with Gasteiger partial charge in [0.05, 0.1) is 10.9 Å². The number of aromatic nitrogens is 2. The minimum absolute atomic E-state index is 0.0422. The average molecular weight is 503 g/mol. The van der Waals surface area contributed by atoms with Gasteiger partial charge in [0.15, 0.2) is 0 Å². The molecule has 1 aliphatic rings. The summed E-state index contributed by atoms with van der Waals surface area (Å²) in [6, 6.07) is 12.3. The maximum Gasteiger partial charge on any atom is 0.244 e. The molecule has 0 radical (unpaired) electrons. The summed E-state index contributed by atoms with van der Waals surface area (Å²) in [5.74, 6) is 0.397. The van der Waals surface area contributed by atoms with Crippen LogP contribution in [-0.4, -0.2) is 41.9 Å². The lowest BCUT2D eigenvalue weighted by Gasteiger charge is -2.31. The van der Waals surface area contributed by atoms with E-state index in [9.17, 15) is 13.2 Å². The van der Waals surface area contributed by atoms with Crippen LogP contribution in [0.3, 0.4) is 0 Å². The number of carbonyl (C=O) groups excluding carboxylic acids is 1. The van der Waals surface area contributed by atoms with Gasteiger partial charge in [-0.2, -0.15) is 9.29 Å². The van der Waals surface area contributed by atoms with E-state index >= 15 is 0 Å². The molecular weight excluding hydrogens is 476 g/mol. The van der Waals surface area contributed by atoms with Crippen LogP contribution in [-0.2, 0) is 14.8 Å². The Hall–Kier alpha value is -2.75. The number of hydrogen-bond acceptors (Lipinski definition) is 6. The zero-order chi connectivity index (χ0) is 24.5. The highest BCUT2D eigenvalue weighted by Gasteiger charge is 2.34. The van der Waals surface area contributed by atoms with E-state index in [4.69, 9.17) is 16.1 Å². The maximum absolute atomic E-state index is 13.5. The van der Waals surface area contributed by atoms with Crippen molar-refractivity contribution < 1.29 is 17.7 Å². The zero-order valence-corrected chi connectivity index (χ0v) is 20.9. The van der Waals surface area contributed by atoms with Crippen molar-refractivity contribution in [1.29, 1.82) is 0 Å². The second kappa shape index (κ2) is 9.85. The first-order valence-corrected chi connectivity index (χ1v) is 13.0. The molecule has 2 heterocycles. The molecule has 0 aliphatic carbocycles. The Morgan fingerprint density at radius 3 is 2.59 bits per heavy atom. The minimum Gasteiger partial charge on any atom is -0.339 e. The highest BCUT2D eigenvalue weighted by molar-refractivity contribution is 7.89. The monoisotopic (exact) mass is 502 g/mol. The van der Waals surface area contributed by atoms with E-state index in [1.807, 2.05) is 24.3 Å². The fourth-order valence-electron chi connectivity index (χ4n) is 3.97. The van der Waals surface area contributed by atoms with Crippen LogP contribution < -0.4 is 5.32 Å². The van der Waals surface area contributed by atoms with Gasteiger partial charge in [0.2, 0.25) is 27.6 Å². The van der Waals surface area contributed by atoms with Crippen LogP contribution in [0, 0.1) is 12.8 Å². The van der Waals surface area contributed by atoms with Gasteiger partial charge in [-0.25, -0.2) is 8.42 Å². The summed E-state index contributed by atoms with van der Waals surface area (Å²) in [6.45, 7) is 6.27. The van der Waals surface area contributed by atoms with E-state index < -0.39 is 15.9 Å². The van der Waals surface area contributed by atoms with Gasteiger partial charge in [-0.05, 0) is 54.7 Å². The van der Waals surface area contributed by atoms with Crippen LogP contribution in [0.25, 0.3) is 11.4 Å². The van der Waals surface area contributed by atoms with Gasteiger partial charge in [0, 0.05) is 31.3 Å². The summed E-state index contributed by atoms with van der Waals surface area (Å²) in [5, 5.41) is 6.87. The lowest BCUT2D eigenvalue weighted by atomic mass is 9.98. The summed E-state index contributed by atoms with van der Waals surface area (Å²) in [6.07, 6.45) is 1.18. The number of amides is 1. The van der Waals surface area contributed by atoms with Crippen LogP contribution in [0.15, 0.2) is 51.9 Å². The lowest BCUT2D eigenvalue weighted by molar-refractivity contribution is -0.120. The average Bonchev–Trinajstić information content (AvgIpc) is 3.26. The summed E-state index contributed by atoms with van der Waals surface area (Å²) >= 11 is 6.28. The van der Waals surface area contributed by atoms with E-state index in [-0.39, 0.29) is 28.2 Å². The quantitative estimate of drug-likeness (QED) is 0.516. The normalized spacial score (nSPS) is 17.1. The highest BCUT2D eigenvalue weighted by atomic mass is 35.5. The van der Waals surface area contributed by atoms with Gasteiger partial charge < -0.3 is 9.84 Å². The van der Waals surface area contributed by atoms with Gasteiger partial charge >= 0.3 is 0 Å². The number of hydrogen-bond donors (Lipinski definition) is 1. The minimum atomic E-state index is -3.94. The predicted molar refractivity (Wildman–Crippen MR) is 130 cm³/mol. The summed E-state index contributed by atoms with van der Waals surface area (Å²) in [4.78, 5) is 17.0. The van der Waals surface area contributed by atoms with Crippen molar-refractivity contribution in [3.8, 4) is 11.4 Å². The number of anilines is 1. The van der Waals surface area contributed by atoms with Crippen LogP contribution in [0.4, 0.5) is 5.69 Å². The van der Waals surface area contributed by atoms with Gasteiger partial charge in [0.1, 0.15) is 4.90 Å². The molecule has 2 aromatic carbocycles. The van der Waals surface area contributed by atoms with Crippen molar-refractivity contribution in [3.05, 3.63) is 58.9 Å². The number of rotatable bonds is 6. The molecule has 0 bridgehead atoms. The molecule has 1 aromatic heterocycles. The number of piperidine rings is 1. The molecule has 3 aromatic rings. The molecule has 0 spiro atoms. The third-order valence-corrected chi connectivity index (χ3v) is 8.28. The Morgan fingerprint density at radius 2 is 1.94 bits per heavy atom. The standard InChI is InChI=1S/C24H27ClN4O4S/c1-15(2)17-6-9-20(10-7-17)27-24(30)19-5-4-12-29(14-19)34(31,32)22-13-18(8-11-21(22)25)23-26-16(3)33-28-23/h6-11,13,15,19H,4-5,12,14H2,1-3H3,(H,27,30)/t19-/m0/s1. The first kappa shape index (κ1) is 24.4. The second-order valence-electron chi connectivity index (χ2n) is 8.75. The fourth-order valence-corrected chi connectivity index (χ4v) is 5.99. The third kappa shape index (κ3) is 5.16. The van der Waals surface area contributed by atoms with Crippen LogP contribution >= 0.6 is 11.6 Å². The van der Waals surface area contributed by atoms with Crippen molar-refractivity contribution in [2.75, 3.05) is 18.4 Å². The second-order valence-corrected chi connectivity index (χ2v) is 11.1. The van der Waals surface area contributed by atoms with E-state index in [0.717, 1.165) is 0 Å². The Labute approximate surface area is 204 Å². The van der Waals surface area contributed by atoms with Gasteiger partial charge in [-0.15, -0.1) is 0 Å². The highest BCUT2D eigenvalue weighted by Crippen LogP contribution is 2.32. The number of nitrogens with zero attached hydrogens (tertiary/aromatic N) is 3. The van der Waals surface area contributed by atoms with Crippen molar-refractivity contribution in [3.63, 3.8) is 0 Å². The number of aryl methyl sites for hydroxylation is 1. The molecule has 1 aliphatic heterocycles. The molecule has 4 rings (SSSR count). The van der Waals surface area contributed by atoms with E-state index in [0.29, 0.717) is 42.4 Å². The molecule has 1 N–H and O–H groups in total. The molecule has 1 atom stereocenters. The van der Waals surface area contributed by atoms with Crippen molar-refractivity contribution in [2.45, 2.75) is 44.4 Å². The predicted octanol–water partition coefficient (Wildman–Crippen LogP) is 4.86. The molecule has 0 saturated carbocycles. The fraction of sp³-hybridized carbons (Fsp3) is 0.375. The van der Waals surface area contributed by atoms with E-state index in [1.165, 1.54) is 22.0 Å². The molecule has 8 nitrogen and oxygen atoms in total.